The first-order chi connectivity index (χ1) is 8.70. The molecule has 0 aliphatic carbocycles. The molecule has 0 saturated carbocycles. The summed E-state index contributed by atoms with van der Waals surface area (Å²) in [6.45, 7) is 2.66. The van der Waals surface area contributed by atoms with Gasteiger partial charge < -0.3 is 10.1 Å². The van der Waals surface area contributed by atoms with Crippen LogP contribution in [0.3, 0.4) is 0 Å². The highest BCUT2D eigenvalue weighted by molar-refractivity contribution is 5.98. The van der Waals surface area contributed by atoms with Crippen LogP contribution >= 0.6 is 0 Å². The lowest BCUT2D eigenvalue weighted by Gasteiger charge is -2.23. The minimum atomic E-state index is -1.75. The van der Waals surface area contributed by atoms with Crippen molar-refractivity contribution in [2.75, 3.05) is 7.11 Å². The Morgan fingerprint density at radius 3 is 2.26 bits per heavy atom. The smallest absolute Gasteiger partial charge is 0.330 e. The van der Waals surface area contributed by atoms with Crippen molar-refractivity contribution in [3.63, 3.8) is 0 Å². The normalized spacial score (nSPS) is 11.1. The summed E-state index contributed by atoms with van der Waals surface area (Å²) in [6, 6.07) is 1.41. The van der Waals surface area contributed by atoms with Crippen molar-refractivity contribution in [2.24, 2.45) is 0 Å². The molecule has 1 rings (SSSR count). The first kappa shape index (κ1) is 15.0. The van der Waals surface area contributed by atoms with Crippen molar-refractivity contribution in [1.29, 1.82) is 0 Å². The predicted octanol–water partition coefficient (Wildman–Crippen LogP) is 1.79. The molecule has 7 heteroatoms. The Morgan fingerprint density at radius 1 is 1.16 bits per heavy atom. The zero-order valence-corrected chi connectivity index (χ0v) is 10.5. The summed E-state index contributed by atoms with van der Waals surface area (Å²) in [5.74, 6) is -6.57. The van der Waals surface area contributed by atoms with Crippen LogP contribution in [0.5, 0.6) is 0 Å². The number of carbonyl (C=O) groups excluding carboxylic acids is 2. The molecular formula is C12H12F3NO3. The summed E-state index contributed by atoms with van der Waals surface area (Å²) in [7, 11) is 1.12. The third kappa shape index (κ3) is 3.04. The number of halogens is 3. The van der Waals surface area contributed by atoms with Crippen molar-refractivity contribution in [3.05, 3.63) is 35.1 Å². The van der Waals surface area contributed by atoms with E-state index in [4.69, 9.17) is 0 Å². The number of carbonyl (C=O) groups is 2. The Balaban J connectivity index is 3.03. The second kappa shape index (κ2) is 5.29. The van der Waals surface area contributed by atoms with Gasteiger partial charge in [0.25, 0.3) is 5.91 Å². The van der Waals surface area contributed by atoms with Crippen LogP contribution in [0.25, 0.3) is 0 Å². The van der Waals surface area contributed by atoms with Gasteiger partial charge in [0.1, 0.15) is 5.54 Å². The van der Waals surface area contributed by atoms with Crippen LogP contribution in [-0.4, -0.2) is 24.5 Å². The van der Waals surface area contributed by atoms with E-state index in [0.717, 1.165) is 13.2 Å². The highest BCUT2D eigenvalue weighted by Crippen LogP contribution is 2.16. The van der Waals surface area contributed by atoms with Gasteiger partial charge in [-0.3, -0.25) is 4.79 Å². The molecule has 1 amide bonds. The van der Waals surface area contributed by atoms with Gasteiger partial charge in [-0.15, -0.1) is 0 Å². The minimum absolute atomic E-state index is 0.623. The number of esters is 1. The zero-order chi connectivity index (χ0) is 14.8. The van der Waals surface area contributed by atoms with E-state index in [-0.39, 0.29) is 0 Å². The fraction of sp³-hybridized carbons (Fsp3) is 0.333. The molecule has 1 N–H and O–H groups in total. The number of nitrogens with one attached hydrogen (secondary N) is 1. The largest absolute Gasteiger partial charge is 0.467 e. The molecular weight excluding hydrogens is 263 g/mol. The molecule has 0 atom stereocenters. The number of benzene rings is 1. The Hall–Kier alpha value is -2.05. The monoisotopic (exact) mass is 275 g/mol. The van der Waals surface area contributed by atoms with Crippen LogP contribution in [-0.2, 0) is 9.53 Å². The van der Waals surface area contributed by atoms with Crippen LogP contribution < -0.4 is 5.32 Å². The molecule has 0 aromatic heterocycles. The lowest BCUT2D eigenvalue weighted by Crippen LogP contribution is -2.50. The summed E-state index contributed by atoms with van der Waals surface area (Å²) in [4.78, 5) is 23.1. The average Bonchev–Trinajstić information content (AvgIpc) is 2.34. The summed E-state index contributed by atoms with van der Waals surface area (Å²) in [5, 5.41) is 2.17. The fourth-order valence-electron chi connectivity index (χ4n) is 1.36. The number of amides is 1. The van der Waals surface area contributed by atoms with E-state index < -0.39 is 40.4 Å². The molecule has 0 aliphatic heterocycles. The number of ether oxygens (including phenoxy) is 1. The lowest BCUT2D eigenvalue weighted by molar-refractivity contribution is -0.146. The second-order valence-corrected chi connectivity index (χ2v) is 4.29. The summed E-state index contributed by atoms with van der Waals surface area (Å²) in [6.07, 6.45) is 0. The molecule has 1 aromatic rings. The maximum atomic E-state index is 13.4. The van der Waals surface area contributed by atoms with Crippen LogP contribution in [0.4, 0.5) is 13.2 Å². The first-order valence-corrected chi connectivity index (χ1v) is 5.25. The van der Waals surface area contributed by atoms with Gasteiger partial charge in [0.15, 0.2) is 17.5 Å². The molecule has 0 aliphatic rings. The Morgan fingerprint density at radius 2 is 1.74 bits per heavy atom. The van der Waals surface area contributed by atoms with E-state index in [1.165, 1.54) is 13.8 Å². The highest BCUT2D eigenvalue weighted by Gasteiger charge is 2.32. The van der Waals surface area contributed by atoms with E-state index in [9.17, 15) is 22.8 Å². The van der Waals surface area contributed by atoms with Crippen molar-refractivity contribution >= 4 is 11.9 Å². The van der Waals surface area contributed by atoms with Crippen molar-refractivity contribution in [2.45, 2.75) is 19.4 Å². The molecule has 0 spiro atoms. The van der Waals surface area contributed by atoms with Crippen LogP contribution in [0.15, 0.2) is 12.1 Å². The molecule has 0 saturated heterocycles. The Bertz CT molecular complexity index is 529. The molecule has 4 nitrogen and oxygen atoms in total. The number of hydrogen-bond acceptors (Lipinski definition) is 3. The van der Waals surface area contributed by atoms with Gasteiger partial charge in [-0.1, -0.05) is 0 Å². The molecule has 104 valence electrons. The predicted molar refractivity (Wildman–Crippen MR) is 59.9 cm³/mol. The van der Waals surface area contributed by atoms with Crippen LogP contribution in [0.1, 0.15) is 24.2 Å². The number of hydrogen-bond donors (Lipinski definition) is 1. The second-order valence-electron chi connectivity index (χ2n) is 4.29. The molecule has 0 bridgehead atoms. The van der Waals surface area contributed by atoms with E-state index in [1.54, 1.807) is 0 Å². The molecule has 0 heterocycles. The zero-order valence-electron chi connectivity index (χ0n) is 10.5. The van der Waals surface area contributed by atoms with E-state index in [0.29, 0.717) is 6.07 Å². The highest BCUT2D eigenvalue weighted by atomic mass is 19.2. The third-order valence-corrected chi connectivity index (χ3v) is 2.40. The van der Waals surface area contributed by atoms with E-state index in [2.05, 4.69) is 10.1 Å². The maximum absolute atomic E-state index is 13.4. The molecule has 19 heavy (non-hydrogen) atoms. The fourth-order valence-corrected chi connectivity index (χ4v) is 1.36. The van der Waals surface area contributed by atoms with Gasteiger partial charge in [-0.2, -0.15) is 0 Å². The Kier molecular flexibility index (Phi) is 4.18. The summed E-state index contributed by atoms with van der Waals surface area (Å²) >= 11 is 0. The molecule has 1 aromatic carbocycles. The van der Waals surface area contributed by atoms with Crippen molar-refractivity contribution < 1.29 is 27.5 Å². The minimum Gasteiger partial charge on any atom is -0.467 e. The topological polar surface area (TPSA) is 55.4 Å². The standard InChI is InChI=1S/C12H12F3NO3/c1-12(2,11(18)19-3)16-10(17)6-4-5-7(13)9(15)8(6)14/h4-5H,1-3H3,(H,16,17). The van der Waals surface area contributed by atoms with Crippen molar-refractivity contribution in [1.82, 2.24) is 5.32 Å². The van der Waals surface area contributed by atoms with Crippen LogP contribution in [0, 0.1) is 17.5 Å². The van der Waals surface area contributed by atoms with E-state index in [1.807, 2.05) is 0 Å². The van der Waals surface area contributed by atoms with Gasteiger partial charge in [0.05, 0.1) is 12.7 Å². The van der Waals surface area contributed by atoms with Gasteiger partial charge in [-0.05, 0) is 26.0 Å². The number of methoxy groups -OCH3 is 1. The molecule has 0 unspecified atom stereocenters. The Labute approximate surface area is 107 Å². The van der Waals surface area contributed by atoms with Gasteiger partial charge in [-0.25, -0.2) is 18.0 Å². The summed E-state index contributed by atoms with van der Waals surface area (Å²) < 4.78 is 43.5. The van der Waals surface area contributed by atoms with Gasteiger partial charge in [0, 0.05) is 0 Å². The summed E-state index contributed by atoms with van der Waals surface area (Å²) in [5.41, 5.74) is -2.13. The quantitative estimate of drug-likeness (QED) is 0.676. The first-order valence-electron chi connectivity index (χ1n) is 5.25. The van der Waals surface area contributed by atoms with Crippen LogP contribution in [0.2, 0.25) is 0 Å². The number of rotatable bonds is 3. The van der Waals surface area contributed by atoms with E-state index >= 15 is 0 Å². The SMILES string of the molecule is COC(=O)C(C)(C)NC(=O)c1ccc(F)c(F)c1F. The molecule has 0 radical (unpaired) electrons. The average molecular weight is 275 g/mol. The third-order valence-electron chi connectivity index (χ3n) is 2.40. The lowest BCUT2D eigenvalue weighted by atomic mass is 10.0. The van der Waals surface area contributed by atoms with Gasteiger partial charge in [0.2, 0.25) is 0 Å². The van der Waals surface area contributed by atoms with Gasteiger partial charge >= 0.3 is 5.97 Å². The van der Waals surface area contributed by atoms with Crippen molar-refractivity contribution in [3.8, 4) is 0 Å². The molecule has 0 fully saturated rings. The maximum Gasteiger partial charge on any atom is 0.330 e.